The van der Waals surface area contributed by atoms with Crippen molar-refractivity contribution in [3.8, 4) is 16.9 Å². The van der Waals surface area contributed by atoms with Gasteiger partial charge < -0.3 is 19.7 Å². The van der Waals surface area contributed by atoms with Gasteiger partial charge in [0.15, 0.2) is 0 Å². The molecule has 0 amide bonds. The zero-order valence-corrected chi connectivity index (χ0v) is 18.2. The number of hydrogen-bond acceptors (Lipinski definition) is 5. The number of pyridine rings is 1. The van der Waals surface area contributed by atoms with Gasteiger partial charge in [0, 0.05) is 36.2 Å². The number of aromatic nitrogens is 1. The van der Waals surface area contributed by atoms with Crippen LogP contribution in [0.3, 0.4) is 0 Å². The second-order valence-electron chi connectivity index (χ2n) is 7.78. The van der Waals surface area contributed by atoms with E-state index in [9.17, 15) is 0 Å². The van der Waals surface area contributed by atoms with Gasteiger partial charge in [-0.25, -0.2) is 4.98 Å². The Labute approximate surface area is 185 Å². The molecule has 1 aliphatic rings. The van der Waals surface area contributed by atoms with E-state index in [1.165, 1.54) is 24.1 Å². The van der Waals surface area contributed by atoms with E-state index in [4.69, 9.17) is 9.47 Å². The van der Waals surface area contributed by atoms with Crippen molar-refractivity contribution in [3.05, 3.63) is 66.9 Å². The number of rotatable bonds is 9. The predicted octanol–water partition coefficient (Wildman–Crippen LogP) is 5.90. The standard InChI is InChI=1S/C26H31N3O2/c1-2-3-4-17-31-25-12-8-23(9-13-25)28-26-14-7-22(20-27-26)21-5-10-24(11-6-21)29-15-18-30-19-16-29/h5-14,20H,2-4,15-19H2,1H3,(H,27,28). The summed E-state index contributed by atoms with van der Waals surface area (Å²) in [5, 5.41) is 3.35. The molecule has 2 heterocycles. The Bertz CT molecular complexity index is 918. The first-order valence-corrected chi connectivity index (χ1v) is 11.2. The van der Waals surface area contributed by atoms with Gasteiger partial charge in [-0.05, 0) is 60.5 Å². The number of morpholine rings is 1. The molecule has 4 rings (SSSR count). The highest BCUT2D eigenvalue weighted by atomic mass is 16.5. The summed E-state index contributed by atoms with van der Waals surface area (Å²) in [6.07, 6.45) is 5.43. The third kappa shape index (κ3) is 5.98. The smallest absolute Gasteiger partial charge is 0.130 e. The molecule has 0 radical (unpaired) electrons. The van der Waals surface area contributed by atoms with E-state index in [1.807, 2.05) is 36.5 Å². The highest BCUT2D eigenvalue weighted by Crippen LogP contribution is 2.25. The van der Waals surface area contributed by atoms with Crippen LogP contribution in [0.15, 0.2) is 66.9 Å². The van der Waals surface area contributed by atoms with Crippen LogP contribution in [-0.4, -0.2) is 37.9 Å². The molecule has 31 heavy (non-hydrogen) atoms. The minimum Gasteiger partial charge on any atom is -0.494 e. The second kappa shape index (κ2) is 10.8. The monoisotopic (exact) mass is 417 g/mol. The van der Waals surface area contributed by atoms with E-state index in [1.54, 1.807) is 0 Å². The van der Waals surface area contributed by atoms with E-state index < -0.39 is 0 Å². The lowest BCUT2D eigenvalue weighted by Gasteiger charge is -2.28. The van der Waals surface area contributed by atoms with Crippen LogP contribution in [0.2, 0.25) is 0 Å². The summed E-state index contributed by atoms with van der Waals surface area (Å²) in [5.41, 5.74) is 4.52. The Morgan fingerprint density at radius 2 is 1.65 bits per heavy atom. The maximum atomic E-state index is 5.77. The average Bonchev–Trinajstić information content (AvgIpc) is 2.84. The highest BCUT2D eigenvalue weighted by Gasteiger charge is 2.11. The lowest BCUT2D eigenvalue weighted by atomic mass is 10.1. The van der Waals surface area contributed by atoms with Gasteiger partial charge in [0.05, 0.1) is 19.8 Å². The number of ether oxygens (including phenoxy) is 2. The van der Waals surface area contributed by atoms with Gasteiger partial charge in [-0.3, -0.25) is 0 Å². The van der Waals surface area contributed by atoms with Crippen molar-refractivity contribution < 1.29 is 9.47 Å². The highest BCUT2D eigenvalue weighted by molar-refractivity contribution is 5.67. The fourth-order valence-electron chi connectivity index (χ4n) is 3.65. The Hall–Kier alpha value is -3.05. The quantitative estimate of drug-likeness (QED) is 0.439. The van der Waals surface area contributed by atoms with Crippen LogP contribution >= 0.6 is 0 Å². The van der Waals surface area contributed by atoms with Gasteiger partial charge in [-0.2, -0.15) is 0 Å². The summed E-state index contributed by atoms with van der Waals surface area (Å²) in [7, 11) is 0. The van der Waals surface area contributed by atoms with Crippen molar-refractivity contribution in [1.82, 2.24) is 4.98 Å². The number of unbranched alkanes of at least 4 members (excludes halogenated alkanes) is 2. The molecular weight excluding hydrogens is 386 g/mol. The van der Waals surface area contributed by atoms with E-state index >= 15 is 0 Å². The molecule has 0 unspecified atom stereocenters. The Morgan fingerprint density at radius 3 is 2.32 bits per heavy atom. The van der Waals surface area contributed by atoms with Gasteiger partial charge in [0.25, 0.3) is 0 Å². The molecule has 1 N–H and O–H groups in total. The summed E-state index contributed by atoms with van der Waals surface area (Å²) in [5.74, 6) is 1.73. The molecule has 2 aromatic carbocycles. The zero-order valence-electron chi connectivity index (χ0n) is 18.2. The first-order chi connectivity index (χ1) is 15.3. The fourth-order valence-corrected chi connectivity index (χ4v) is 3.65. The van der Waals surface area contributed by atoms with Gasteiger partial charge in [0.2, 0.25) is 0 Å². The lowest BCUT2D eigenvalue weighted by molar-refractivity contribution is 0.122. The topological polar surface area (TPSA) is 46.6 Å². The molecule has 5 heteroatoms. The molecule has 0 saturated carbocycles. The third-order valence-electron chi connectivity index (χ3n) is 5.48. The maximum absolute atomic E-state index is 5.77. The molecule has 3 aromatic rings. The molecule has 162 valence electrons. The molecule has 0 atom stereocenters. The second-order valence-corrected chi connectivity index (χ2v) is 7.78. The summed E-state index contributed by atoms with van der Waals surface area (Å²) >= 11 is 0. The normalized spacial score (nSPS) is 13.8. The van der Waals surface area contributed by atoms with Crippen molar-refractivity contribution in [2.75, 3.05) is 43.1 Å². The van der Waals surface area contributed by atoms with E-state index in [-0.39, 0.29) is 0 Å². The van der Waals surface area contributed by atoms with Crippen LogP contribution < -0.4 is 15.0 Å². The molecule has 1 saturated heterocycles. The van der Waals surface area contributed by atoms with Crippen molar-refractivity contribution in [1.29, 1.82) is 0 Å². The van der Waals surface area contributed by atoms with Crippen molar-refractivity contribution in [2.24, 2.45) is 0 Å². The SMILES string of the molecule is CCCCCOc1ccc(Nc2ccc(-c3ccc(N4CCOCC4)cc3)cn2)cc1. The predicted molar refractivity (Wildman–Crippen MR) is 127 cm³/mol. The molecule has 0 spiro atoms. The summed E-state index contributed by atoms with van der Waals surface area (Å²) in [6.45, 7) is 6.48. The number of anilines is 3. The fraction of sp³-hybridized carbons (Fsp3) is 0.346. The largest absolute Gasteiger partial charge is 0.494 e. The van der Waals surface area contributed by atoms with Crippen LogP contribution in [0, 0.1) is 0 Å². The minimum absolute atomic E-state index is 0.775. The van der Waals surface area contributed by atoms with Gasteiger partial charge in [0.1, 0.15) is 11.6 Å². The Balaban J connectivity index is 1.32. The van der Waals surface area contributed by atoms with Crippen LogP contribution in [0.5, 0.6) is 5.75 Å². The van der Waals surface area contributed by atoms with Crippen LogP contribution in [0.4, 0.5) is 17.2 Å². The van der Waals surface area contributed by atoms with Gasteiger partial charge >= 0.3 is 0 Å². The van der Waals surface area contributed by atoms with Crippen molar-refractivity contribution in [2.45, 2.75) is 26.2 Å². The first kappa shape index (κ1) is 21.2. The first-order valence-electron chi connectivity index (χ1n) is 11.2. The van der Waals surface area contributed by atoms with Gasteiger partial charge in [-0.1, -0.05) is 31.9 Å². The Kier molecular flexibility index (Phi) is 7.40. The maximum Gasteiger partial charge on any atom is 0.130 e. The summed E-state index contributed by atoms with van der Waals surface area (Å²) < 4.78 is 11.2. The third-order valence-corrected chi connectivity index (χ3v) is 5.48. The molecule has 1 aromatic heterocycles. The minimum atomic E-state index is 0.775. The molecule has 5 nitrogen and oxygen atoms in total. The number of nitrogens with one attached hydrogen (secondary N) is 1. The van der Waals surface area contributed by atoms with Crippen molar-refractivity contribution in [3.63, 3.8) is 0 Å². The molecule has 1 fully saturated rings. The lowest BCUT2D eigenvalue weighted by Crippen LogP contribution is -2.36. The van der Waals surface area contributed by atoms with Crippen LogP contribution in [-0.2, 0) is 4.74 Å². The van der Waals surface area contributed by atoms with Crippen molar-refractivity contribution >= 4 is 17.2 Å². The van der Waals surface area contributed by atoms with Crippen LogP contribution in [0.25, 0.3) is 11.1 Å². The number of benzene rings is 2. The zero-order chi connectivity index (χ0) is 21.3. The summed E-state index contributed by atoms with van der Waals surface area (Å²) in [6, 6.07) is 20.8. The molecule has 0 bridgehead atoms. The molecule has 1 aliphatic heterocycles. The van der Waals surface area contributed by atoms with Crippen LogP contribution in [0.1, 0.15) is 26.2 Å². The van der Waals surface area contributed by atoms with E-state index in [2.05, 4.69) is 52.5 Å². The Morgan fingerprint density at radius 1 is 0.903 bits per heavy atom. The average molecular weight is 418 g/mol. The van der Waals surface area contributed by atoms with E-state index in [0.29, 0.717) is 0 Å². The molecular formula is C26H31N3O2. The van der Waals surface area contributed by atoms with Gasteiger partial charge in [-0.15, -0.1) is 0 Å². The number of hydrogen-bond donors (Lipinski definition) is 1. The summed E-state index contributed by atoms with van der Waals surface area (Å²) in [4.78, 5) is 6.95. The number of nitrogens with zero attached hydrogens (tertiary/aromatic N) is 2. The molecule has 0 aliphatic carbocycles. The van der Waals surface area contributed by atoms with E-state index in [0.717, 1.165) is 62.1 Å².